The molecular formula is C16H21N5O. The number of rotatable bonds is 2. The van der Waals surface area contributed by atoms with Crippen molar-refractivity contribution in [3.63, 3.8) is 0 Å². The van der Waals surface area contributed by atoms with Crippen LogP contribution in [0.25, 0.3) is 5.69 Å². The van der Waals surface area contributed by atoms with Crippen LogP contribution in [0.5, 0.6) is 0 Å². The molecule has 1 amide bonds. The number of piperidine rings is 1. The molecule has 6 heteroatoms. The lowest BCUT2D eigenvalue weighted by molar-refractivity contribution is 0.0533. The van der Waals surface area contributed by atoms with E-state index in [0.717, 1.165) is 12.1 Å². The fourth-order valence-electron chi connectivity index (χ4n) is 2.83. The molecule has 2 N–H and O–H groups in total. The molecule has 1 aromatic heterocycles. The van der Waals surface area contributed by atoms with Gasteiger partial charge < -0.3 is 10.6 Å². The molecule has 3 rings (SSSR count). The summed E-state index contributed by atoms with van der Waals surface area (Å²) >= 11 is 0. The van der Waals surface area contributed by atoms with Gasteiger partial charge in [0.25, 0.3) is 5.91 Å². The first-order valence-corrected chi connectivity index (χ1v) is 7.47. The van der Waals surface area contributed by atoms with Crippen LogP contribution >= 0.6 is 0 Å². The maximum Gasteiger partial charge on any atom is 0.253 e. The smallest absolute Gasteiger partial charge is 0.253 e. The molecule has 1 aromatic carbocycles. The zero-order chi connectivity index (χ0) is 15.7. The molecule has 1 aliphatic heterocycles. The van der Waals surface area contributed by atoms with Gasteiger partial charge in [-0.3, -0.25) is 4.79 Å². The van der Waals surface area contributed by atoms with Crippen LogP contribution < -0.4 is 5.73 Å². The van der Waals surface area contributed by atoms with Gasteiger partial charge in [-0.1, -0.05) is 13.8 Å². The summed E-state index contributed by atoms with van der Waals surface area (Å²) in [4.78, 5) is 18.5. The van der Waals surface area contributed by atoms with E-state index in [4.69, 9.17) is 5.73 Å². The van der Waals surface area contributed by atoms with Crippen molar-refractivity contribution in [1.29, 1.82) is 0 Å². The Hall–Kier alpha value is -2.21. The van der Waals surface area contributed by atoms with Gasteiger partial charge in [-0.05, 0) is 36.1 Å². The molecule has 1 unspecified atom stereocenters. The van der Waals surface area contributed by atoms with Gasteiger partial charge in [0.05, 0.1) is 5.69 Å². The highest BCUT2D eigenvalue weighted by molar-refractivity contribution is 5.94. The molecule has 1 saturated heterocycles. The number of hydrogen-bond acceptors (Lipinski definition) is 4. The third kappa shape index (κ3) is 2.74. The Morgan fingerprint density at radius 2 is 2.05 bits per heavy atom. The number of likely N-dealkylation sites (tertiary alicyclic amines) is 1. The molecule has 22 heavy (non-hydrogen) atoms. The van der Waals surface area contributed by atoms with Gasteiger partial charge in [0.1, 0.15) is 12.7 Å². The molecule has 0 spiro atoms. The summed E-state index contributed by atoms with van der Waals surface area (Å²) in [5.41, 5.74) is 7.66. The summed E-state index contributed by atoms with van der Waals surface area (Å²) in [7, 11) is 0. The minimum atomic E-state index is -0.0470. The quantitative estimate of drug-likeness (QED) is 0.911. The zero-order valence-electron chi connectivity index (χ0n) is 12.9. The summed E-state index contributed by atoms with van der Waals surface area (Å²) in [6.45, 7) is 5.64. The Bertz CT molecular complexity index is 648. The van der Waals surface area contributed by atoms with E-state index in [1.807, 2.05) is 29.2 Å². The Morgan fingerprint density at radius 1 is 1.32 bits per heavy atom. The fraction of sp³-hybridized carbons (Fsp3) is 0.438. The topological polar surface area (TPSA) is 77.0 Å². The van der Waals surface area contributed by atoms with Gasteiger partial charge in [0, 0.05) is 24.7 Å². The molecule has 0 saturated carbocycles. The van der Waals surface area contributed by atoms with Crippen molar-refractivity contribution < 1.29 is 4.79 Å². The van der Waals surface area contributed by atoms with Gasteiger partial charge in [-0.15, -0.1) is 0 Å². The van der Waals surface area contributed by atoms with Crippen LogP contribution in [0.3, 0.4) is 0 Å². The van der Waals surface area contributed by atoms with Crippen LogP contribution in [0, 0.1) is 5.41 Å². The number of carbonyl (C=O) groups excluding carboxylic acids is 1. The lowest BCUT2D eigenvalue weighted by Gasteiger charge is -2.42. The lowest BCUT2D eigenvalue weighted by Crippen LogP contribution is -2.53. The number of benzene rings is 1. The second kappa shape index (κ2) is 5.53. The van der Waals surface area contributed by atoms with E-state index < -0.39 is 0 Å². The Morgan fingerprint density at radius 3 is 2.64 bits per heavy atom. The van der Waals surface area contributed by atoms with Crippen LogP contribution in [0.2, 0.25) is 0 Å². The van der Waals surface area contributed by atoms with Crippen molar-refractivity contribution in [3.8, 4) is 5.69 Å². The van der Waals surface area contributed by atoms with Gasteiger partial charge in [-0.2, -0.15) is 5.10 Å². The van der Waals surface area contributed by atoms with Crippen molar-refractivity contribution in [2.45, 2.75) is 26.3 Å². The molecule has 2 aromatic rings. The predicted octanol–water partition coefficient (Wildman–Crippen LogP) is 1.47. The maximum atomic E-state index is 12.6. The first kappa shape index (κ1) is 14.7. The maximum absolute atomic E-state index is 12.6. The van der Waals surface area contributed by atoms with Crippen molar-refractivity contribution in [2.24, 2.45) is 11.1 Å². The average Bonchev–Trinajstić information content (AvgIpc) is 3.04. The van der Waals surface area contributed by atoms with E-state index in [-0.39, 0.29) is 17.4 Å². The summed E-state index contributed by atoms with van der Waals surface area (Å²) < 4.78 is 1.66. The summed E-state index contributed by atoms with van der Waals surface area (Å²) in [6, 6.07) is 7.57. The number of amides is 1. The molecule has 0 bridgehead atoms. The number of nitrogens with zero attached hydrogens (tertiary/aromatic N) is 4. The zero-order valence-corrected chi connectivity index (χ0v) is 12.9. The second-order valence-electron chi connectivity index (χ2n) is 6.50. The average molecular weight is 299 g/mol. The Labute approximate surface area is 129 Å². The molecule has 0 aliphatic carbocycles. The van der Waals surface area contributed by atoms with E-state index in [1.165, 1.54) is 6.33 Å². The van der Waals surface area contributed by atoms with Crippen molar-refractivity contribution >= 4 is 5.91 Å². The monoisotopic (exact) mass is 299 g/mol. The highest BCUT2D eigenvalue weighted by Gasteiger charge is 2.35. The number of nitrogens with two attached hydrogens (primary N) is 1. The van der Waals surface area contributed by atoms with E-state index in [0.29, 0.717) is 18.7 Å². The summed E-state index contributed by atoms with van der Waals surface area (Å²) in [5.74, 6) is 0.0603. The van der Waals surface area contributed by atoms with E-state index in [9.17, 15) is 4.79 Å². The van der Waals surface area contributed by atoms with Gasteiger partial charge in [0.15, 0.2) is 0 Å². The molecule has 2 heterocycles. The predicted molar refractivity (Wildman–Crippen MR) is 83.6 cm³/mol. The SMILES string of the molecule is CC1(C)CN(C(=O)c2ccc(-n3cncn3)cc2)CCC1N. The van der Waals surface area contributed by atoms with Crippen molar-refractivity contribution in [2.75, 3.05) is 13.1 Å². The van der Waals surface area contributed by atoms with E-state index >= 15 is 0 Å². The van der Waals surface area contributed by atoms with Crippen LogP contribution in [0.15, 0.2) is 36.9 Å². The van der Waals surface area contributed by atoms with Crippen LogP contribution in [-0.2, 0) is 0 Å². The van der Waals surface area contributed by atoms with Crippen molar-refractivity contribution in [3.05, 3.63) is 42.5 Å². The van der Waals surface area contributed by atoms with Gasteiger partial charge in [0.2, 0.25) is 0 Å². The summed E-state index contributed by atoms with van der Waals surface area (Å²) in [6.07, 6.45) is 3.96. The van der Waals surface area contributed by atoms with Crippen LogP contribution in [0.4, 0.5) is 0 Å². The van der Waals surface area contributed by atoms with Crippen LogP contribution in [-0.4, -0.2) is 44.7 Å². The molecule has 1 atom stereocenters. The molecular weight excluding hydrogens is 278 g/mol. The summed E-state index contributed by atoms with van der Waals surface area (Å²) in [5, 5.41) is 4.07. The molecule has 1 aliphatic rings. The van der Waals surface area contributed by atoms with Gasteiger partial charge >= 0.3 is 0 Å². The Balaban J connectivity index is 1.75. The number of aromatic nitrogens is 3. The fourth-order valence-corrected chi connectivity index (χ4v) is 2.83. The Kier molecular flexibility index (Phi) is 3.70. The second-order valence-corrected chi connectivity index (χ2v) is 6.50. The third-order valence-electron chi connectivity index (χ3n) is 4.40. The third-order valence-corrected chi connectivity index (χ3v) is 4.40. The largest absolute Gasteiger partial charge is 0.338 e. The van der Waals surface area contributed by atoms with Crippen molar-refractivity contribution in [1.82, 2.24) is 19.7 Å². The molecule has 6 nitrogen and oxygen atoms in total. The van der Waals surface area contributed by atoms with E-state index in [1.54, 1.807) is 11.0 Å². The highest BCUT2D eigenvalue weighted by atomic mass is 16.2. The molecule has 116 valence electrons. The molecule has 0 radical (unpaired) electrons. The van der Waals surface area contributed by atoms with E-state index in [2.05, 4.69) is 23.9 Å². The van der Waals surface area contributed by atoms with Crippen LogP contribution in [0.1, 0.15) is 30.6 Å². The minimum absolute atomic E-state index is 0.0470. The first-order chi connectivity index (χ1) is 10.5. The number of hydrogen-bond donors (Lipinski definition) is 1. The highest BCUT2D eigenvalue weighted by Crippen LogP contribution is 2.28. The normalized spacial score (nSPS) is 20.9. The standard InChI is InChI=1S/C16H21N5O/c1-16(2)9-20(8-7-14(16)17)15(22)12-3-5-13(6-4-12)21-11-18-10-19-21/h3-6,10-11,14H,7-9,17H2,1-2H3. The minimum Gasteiger partial charge on any atom is -0.338 e. The lowest BCUT2D eigenvalue weighted by atomic mass is 9.79. The molecule has 1 fully saturated rings. The van der Waals surface area contributed by atoms with Gasteiger partial charge in [-0.25, -0.2) is 9.67 Å². The number of carbonyl (C=O) groups is 1. The first-order valence-electron chi connectivity index (χ1n) is 7.47.